The van der Waals surface area contributed by atoms with Crippen LogP contribution in [-0.2, 0) is 13.2 Å². The number of halogens is 1. The zero-order valence-corrected chi connectivity index (χ0v) is 17.5. The minimum Gasteiger partial charge on any atom is -0.493 e. The molecule has 0 fully saturated rings. The quantitative estimate of drug-likeness (QED) is 0.396. The number of aromatic nitrogens is 4. The van der Waals surface area contributed by atoms with E-state index in [1.807, 2.05) is 24.3 Å². The first kappa shape index (κ1) is 20.5. The maximum Gasteiger partial charge on any atom is 0.214 e. The van der Waals surface area contributed by atoms with Crippen LogP contribution in [0.1, 0.15) is 11.1 Å². The molecule has 0 saturated carbocycles. The Morgan fingerprint density at radius 3 is 2.68 bits per heavy atom. The Hall–Kier alpha value is -3.72. The van der Waals surface area contributed by atoms with Gasteiger partial charge >= 0.3 is 0 Å². The summed E-state index contributed by atoms with van der Waals surface area (Å²) in [5.41, 5.74) is 5.57. The monoisotopic (exact) mass is 437 g/mol. The molecule has 0 aliphatic carbocycles. The summed E-state index contributed by atoms with van der Waals surface area (Å²) < 4.78 is 27.2. The number of aromatic amines is 1. The van der Waals surface area contributed by atoms with Crippen molar-refractivity contribution in [1.29, 1.82) is 0 Å². The van der Waals surface area contributed by atoms with E-state index >= 15 is 0 Å². The number of rotatable bonds is 8. The van der Waals surface area contributed by atoms with Crippen LogP contribution in [-0.4, -0.2) is 27.0 Å². The zero-order chi connectivity index (χ0) is 21.6. The molecule has 2 aromatic carbocycles. The molecular weight excluding hydrogens is 417 g/mol. The summed E-state index contributed by atoms with van der Waals surface area (Å²) in [7, 11) is 1.57. The van der Waals surface area contributed by atoms with Gasteiger partial charge in [0.1, 0.15) is 12.4 Å². The predicted molar refractivity (Wildman–Crippen MR) is 117 cm³/mol. The van der Waals surface area contributed by atoms with Gasteiger partial charge < -0.3 is 14.9 Å². The van der Waals surface area contributed by atoms with Gasteiger partial charge in [-0.15, -0.1) is 0 Å². The molecule has 0 radical (unpaired) electrons. The standard InChI is InChI=1S/C22H20FN5O2S/c1-29-20-12-15(6-7-19(20)30-14-17-4-2-3-5-18(17)23)13-25-28-21(26-27-22(28)31)16-8-10-24-11-9-16/h2-12,25H,13-14H2,1H3,(H,27,31). The lowest BCUT2D eigenvalue weighted by atomic mass is 10.2. The third-order valence-corrected chi connectivity index (χ3v) is 4.90. The van der Waals surface area contributed by atoms with Crippen LogP contribution in [0.5, 0.6) is 11.5 Å². The third-order valence-electron chi connectivity index (χ3n) is 4.62. The summed E-state index contributed by atoms with van der Waals surface area (Å²) in [6.07, 6.45) is 3.39. The van der Waals surface area contributed by atoms with Gasteiger partial charge in [-0.2, -0.15) is 5.10 Å². The van der Waals surface area contributed by atoms with Crippen LogP contribution in [0.3, 0.4) is 0 Å². The van der Waals surface area contributed by atoms with Crippen molar-refractivity contribution in [1.82, 2.24) is 19.9 Å². The van der Waals surface area contributed by atoms with E-state index in [-0.39, 0.29) is 12.4 Å². The highest BCUT2D eigenvalue weighted by Gasteiger charge is 2.11. The average Bonchev–Trinajstić information content (AvgIpc) is 3.18. The molecule has 158 valence electrons. The molecule has 7 nitrogen and oxygen atoms in total. The second-order valence-electron chi connectivity index (χ2n) is 6.62. The first-order valence-corrected chi connectivity index (χ1v) is 9.91. The molecule has 9 heteroatoms. The van der Waals surface area contributed by atoms with Crippen LogP contribution in [0.2, 0.25) is 0 Å². The van der Waals surface area contributed by atoms with Crippen molar-refractivity contribution in [3.8, 4) is 22.9 Å². The van der Waals surface area contributed by atoms with E-state index in [2.05, 4.69) is 20.6 Å². The van der Waals surface area contributed by atoms with E-state index in [1.54, 1.807) is 48.4 Å². The SMILES string of the molecule is COc1cc(CNn2c(-c3ccncc3)n[nH]c2=S)ccc1OCc1ccccc1F. The van der Waals surface area contributed by atoms with Gasteiger partial charge in [0.15, 0.2) is 17.3 Å². The maximum absolute atomic E-state index is 13.8. The first-order valence-electron chi connectivity index (χ1n) is 9.50. The van der Waals surface area contributed by atoms with Crippen LogP contribution in [0.4, 0.5) is 4.39 Å². The number of ether oxygens (including phenoxy) is 2. The number of hydrogen-bond acceptors (Lipinski definition) is 6. The molecule has 0 spiro atoms. The molecule has 4 aromatic rings. The minimum absolute atomic E-state index is 0.111. The third kappa shape index (κ3) is 4.72. The molecule has 4 rings (SSSR count). The molecule has 2 N–H and O–H groups in total. The van der Waals surface area contributed by atoms with Gasteiger partial charge in [-0.1, -0.05) is 24.3 Å². The van der Waals surface area contributed by atoms with Gasteiger partial charge in [0.05, 0.1) is 13.7 Å². The molecule has 0 bridgehead atoms. The number of nitrogens with zero attached hydrogens (tertiary/aromatic N) is 3. The van der Waals surface area contributed by atoms with Gasteiger partial charge in [0.25, 0.3) is 0 Å². The Balaban J connectivity index is 1.48. The summed E-state index contributed by atoms with van der Waals surface area (Å²) in [5.74, 6) is 1.45. The zero-order valence-electron chi connectivity index (χ0n) is 16.7. The Kier molecular flexibility index (Phi) is 6.23. The fraction of sp³-hybridized carbons (Fsp3) is 0.136. The van der Waals surface area contributed by atoms with Crippen LogP contribution in [0.15, 0.2) is 67.0 Å². The lowest BCUT2D eigenvalue weighted by Crippen LogP contribution is -2.16. The van der Waals surface area contributed by atoms with Gasteiger partial charge in [-0.25, -0.2) is 14.2 Å². The average molecular weight is 438 g/mol. The van der Waals surface area contributed by atoms with Crippen LogP contribution < -0.4 is 14.9 Å². The second kappa shape index (κ2) is 9.40. The molecule has 0 aliphatic rings. The first-order chi connectivity index (χ1) is 15.2. The minimum atomic E-state index is -0.302. The molecule has 0 atom stereocenters. The Morgan fingerprint density at radius 2 is 1.90 bits per heavy atom. The predicted octanol–water partition coefficient (Wildman–Crippen LogP) is 4.47. The topological polar surface area (TPSA) is 77.0 Å². The summed E-state index contributed by atoms with van der Waals surface area (Å²) in [6.45, 7) is 0.579. The molecular formula is C22H20FN5O2S. The Labute approximate surface area is 183 Å². The van der Waals surface area contributed by atoms with E-state index in [0.29, 0.717) is 34.2 Å². The van der Waals surface area contributed by atoms with Crippen molar-refractivity contribution >= 4 is 12.2 Å². The summed E-state index contributed by atoms with van der Waals surface area (Å²) >= 11 is 5.34. The Bertz CT molecular complexity index is 1230. The maximum atomic E-state index is 13.8. The number of hydrogen-bond donors (Lipinski definition) is 2. The molecule has 31 heavy (non-hydrogen) atoms. The van der Waals surface area contributed by atoms with Crippen molar-refractivity contribution in [2.45, 2.75) is 13.2 Å². The number of nitrogens with one attached hydrogen (secondary N) is 2. The normalized spacial score (nSPS) is 10.6. The van der Waals surface area contributed by atoms with Gasteiger partial charge in [-0.3, -0.25) is 4.98 Å². The van der Waals surface area contributed by atoms with Crippen LogP contribution in [0.25, 0.3) is 11.4 Å². The highest BCUT2D eigenvalue weighted by Crippen LogP contribution is 2.29. The largest absolute Gasteiger partial charge is 0.493 e. The van der Waals surface area contributed by atoms with Gasteiger partial charge in [0.2, 0.25) is 4.77 Å². The molecule has 0 unspecified atom stereocenters. The summed E-state index contributed by atoms with van der Waals surface area (Å²) in [5, 5.41) is 7.08. The highest BCUT2D eigenvalue weighted by molar-refractivity contribution is 7.71. The molecule has 0 amide bonds. The fourth-order valence-electron chi connectivity index (χ4n) is 3.02. The van der Waals surface area contributed by atoms with E-state index < -0.39 is 0 Å². The van der Waals surface area contributed by atoms with Crippen molar-refractivity contribution in [3.05, 3.63) is 88.7 Å². The van der Waals surface area contributed by atoms with Crippen LogP contribution in [0, 0.1) is 10.6 Å². The number of pyridine rings is 1. The van der Waals surface area contributed by atoms with E-state index in [4.69, 9.17) is 21.7 Å². The molecule has 0 aliphatic heterocycles. The van der Waals surface area contributed by atoms with E-state index in [1.165, 1.54) is 6.07 Å². The van der Waals surface area contributed by atoms with Crippen molar-refractivity contribution in [2.24, 2.45) is 0 Å². The van der Waals surface area contributed by atoms with Gasteiger partial charge in [-0.05, 0) is 48.1 Å². The van der Waals surface area contributed by atoms with E-state index in [9.17, 15) is 4.39 Å². The summed E-state index contributed by atoms with van der Waals surface area (Å²) in [6, 6.07) is 15.8. The van der Waals surface area contributed by atoms with E-state index in [0.717, 1.165) is 11.1 Å². The number of methoxy groups -OCH3 is 1. The van der Waals surface area contributed by atoms with Crippen LogP contribution >= 0.6 is 12.2 Å². The molecule has 2 aromatic heterocycles. The smallest absolute Gasteiger partial charge is 0.214 e. The molecule has 0 saturated heterocycles. The summed E-state index contributed by atoms with van der Waals surface area (Å²) in [4.78, 5) is 4.03. The molecule has 2 heterocycles. The Morgan fingerprint density at radius 1 is 1.10 bits per heavy atom. The number of benzene rings is 2. The fourth-order valence-corrected chi connectivity index (χ4v) is 3.22. The van der Waals surface area contributed by atoms with Crippen molar-refractivity contribution in [3.63, 3.8) is 0 Å². The van der Waals surface area contributed by atoms with Crippen molar-refractivity contribution in [2.75, 3.05) is 12.5 Å². The van der Waals surface area contributed by atoms with Crippen molar-refractivity contribution < 1.29 is 13.9 Å². The number of H-pyrrole nitrogens is 1. The lowest BCUT2D eigenvalue weighted by molar-refractivity contribution is 0.279. The lowest BCUT2D eigenvalue weighted by Gasteiger charge is -2.14. The second-order valence-corrected chi connectivity index (χ2v) is 7.01. The van der Waals surface area contributed by atoms with Gasteiger partial charge in [0, 0.05) is 23.5 Å². The highest BCUT2D eigenvalue weighted by atomic mass is 32.1.